The number of aryl methyl sites for hydroxylation is 2. The van der Waals surface area contributed by atoms with Crippen molar-refractivity contribution in [2.75, 3.05) is 5.32 Å². The molecule has 1 amide bonds. The quantitative estimate of drug-likeness (QED) is 0.579. The summed E-state index contributed by atoms with van der Waals surface area (Å²) >= 11 is 0. The predicted molar refractivity (Wildman–Crippen MR) is 98.0 cm³/mol. The number of hydrogen-bond donors (Lipinski definition) is 2. The van der Waals surface area contributed by atoms with Gasteiger partial charge in [-0.25, -0.2) is 4.98 Å². The second-order valence-electron chi connectivity index (χ2n) is 6.12. The molecule has 27 heavy (non-hydrogen) atoms. The van der Waals surface area contributed by atoms with Crippen LogP contribution in [0.5, 0.6) is 0 Å². The van der Waals surface area contributed by atoms with Gasteiger partial charge in [0.15, 0.2) is 5.76 Å². The molecule has 0 saturated carbocycles. The number of carbonyl (C=O) groups excluding carboxylic acids is 1. The maximum Gasteiger partial charge on any atom is 0.274 e. The first-order valence-corrected chi connectivity index (χ1v) is 8.15. The SMILES string of the molecule is Cc1cc(-c2n[nH]c3ccc(NC(=O)c4ncc(C#N)cc4C)cc23)on1. The first kappa shape index (κ1) is 16.5. The number of amides is 1. The highest BCUT2D eigenvalue weighted by Crippen LogP contribution is 2.29. The highest BCUT2D eigenvalue weighted by Gasteiger charge is 2.15. The molecule has 0 aliphatic heterocycles. The number of hydrogen-bond acceptors (Lipinski definition) is 6. The number of rotatable bonds is 3. The molecule has 0 aliphatic rings. The summed E-state index contributed by atoms with van der Waals surface area (Å²) in [7, 11) is 0. The van der Waals surface area contributed by atoms with E-state index < -0.39 is 0 Å². The van der Waals surface area contributed by atoms with Crippen LogP contribution in [0.3, 0.4) is 0 Å². The Morgan fingerprint density at radius 2 is 2.11 bits per heavy atom. The van der Waals surface area contributed by atoms with Gasteiger partial charge < -0.3 is 9.84 Å². The minimum Gasteiger partial charge on any atom is -0.354 e. The fourth-order valence-corrected chi connectivity index (χ4v) is 2.82. The van der Waals surface area contributed by atoms with E-state index in [1.54, 1.807) is 25.1 Å². The smallest absolute Gasteiger partial charge is 0.274 e. The van der Waals surface area contributed by atoms with E-state index in [1.165, 1.54) is 6.20 Å². The highest BCUT2D eigenvalue weighted by atomic mass is 16.5. The van der Waals surface area contributed by atoms with Crippen LogP contribution in [0.4, 0.5) is 5.69 Å². The Balaban J connectivity index is 1.66. The van der Waals surface area contributed by atoms with Crippen molar-refractivity contribution in [1.29, 1.82) is 5.26 Å². The Labute approximate surface area is 153 Å². The number of anilines is 1. The van der Waals surface area contributed by atoms with Gasteiger partial charge in [-0.3, -0.25) is 9.89 Å². The molecule has 0 spiro atoms. The van der Waals surface area contributed by atoms with Crippen molar-refractivity contribution in [3.8, 4) is 17.5 Å². The van der Waals surface area contributed by atoms with E-state index in [0.29, 0.717) is 28.3 Å². The zero-order valence-electron chi connectivity index (χ0n) is 14.6. The Hall–Kier alpha value is -3.99. The number of aromatic nitrogens is 4. The fraction of sp³-hybridized carbons (Fsp3) is 0.105. The second-order valence-corrected chi connectivity index (χ2v) is 6.12. The first-order chi connectivity index (χ1) is 13.0. The topological polar surface area (TPSA) is 120 Å². The van der Waals surface area contributed by atoms with Crippen LogP contribution in [0.25, 0.3) is 22.4 Å². The third kappa shape index (κ3) is 3.02. The maximum atomic E-state index is 12.6. The lowest BCUT2D eigenvalue weighted by Crippen LogP contribution is -2.15. The molecule has 0 aliphatic carbocycles. The molecule has 3 aromatic heterocycles. The monoisotopic (exact) mass is 358 g/mol. The van der Waals surface area contributed by atoms with Gasteiger partial charge in [-0.05, 0) is 43.7 Å². The molecule has 4 aromatic rings. The van der Waals surface area contributed by atoms with E-state index in [0.717, 1.165) is 16.6 Å². The van der Waals surface area contributed by atoms with E-state index >= 15 is 0 Å². The van der Waals surface area contributed by atoms with E-state index in [2.05, 4.69) is 25.7 Å². The number of carbonyl (C=O) groups is 1. The fourth-order valence-electron chi connectivity index (χ4n) is 2.82. The number of nitrogens with one attached hydrogen (secondary N) is 2. The Morgan fingerprint density at radius 1 is 1.26 bits per heavy atom. The summed E-state index contributed by atoms with van der Waals surface area (Å²) < 4.78 is 5.29. The molecular formula is C19H14N6O2. The molecular weight excluding hydrogens is 344 g/mol. The zero-order chi connectivity index (χ0) is 19.0. The molecule has 0 atom stereocenters. The van der Waals surface area contributed by atoms with Crippen molar-refractivity contribution in [2.45, 2.75) is 13.8 Å². The molecule has 3 heterocycles. The molecule has 4 rings (SSSR count). The summed E-state index contributed by atoms with van der Waals surface area (Å²) in [4.78, 5) is 16.6. The van der Waals surface area contributed by atoms with Gasteiger partial charge >= 0.3 is 0 Å². The Bertz CT molecular complexity index is 1210. The average Bonchev–Trinajstić information content (AvgIpc) is 3.27. The highest BCUT2D eigenvalue weighted by molar-refractivity contribution is 6.05. The van der Waals surface area contributed by atoms with Gasteiger partial charge in [0.1, 0.15) is 17.5 Å². The third-order valence-corrected chi connectivity index (χ3v) is 4.10. The number of aromatic amines is 1. The summed E-state index contributed by atoms with van der Waals surface area (Å²) in [5.41, 5.74) is 4.10. The molecule has 2 N–H and O–H groups in total. The van der Waals surface area contributed by atoms with Crippen molar-refractivity contribution >= 4 is 22.5 Å². The minimum absolute atomic E-state index is 0.271. The number of benzene rings is 1. The number of fused-ring (bicyclic) bond motifs is 1. The van der Waals surface area contributed by atoms with Gasteiger partial charge in [0, 0.05) is 23.3 Å². The molecule has 0 saturated heterocycles. The van der Waals surface area contributed by atoms with Crippen LogP contribution < -0.4 is 5.32 Å². The van der Waals surface area contributed by atoms with Gasteiger partial charge in [0.25, 0.3) is 5.91 Å². The minimum atomic E-state index is -0.350. The standard InChI is InChI=1S/C19H14N6O2/c1-10-5-12(8-20)9-21-17(10)19(26)22-13-3-4-15-14(7-13)18(24-23-15)16-6-11(2)25-27-16/h3-7,9H,1-2H3,(H,22,26)(H,23,24). The van der Waals surface area contributed by atoms with Crippen LogP contribution in [-0.2, 0) is 0 Å². The van der Waals surface area contributed by atoms with Crippen molar-refractivity contribution in [3.05, 3.63) is 59.0 Å². The molecule has 1 aromatic carbocycles. The lowest BCUT2D eigenvalue weighted by molar-refractivity contribution is 0.102. The Morgan fingerprint density at radius 3 is 2.81 bits per heavy atom. The lowest BCUT2D eigenvalue weighted by Gasteiger charge is -2.07. The summed E-state index contributed by atoms with van der Waals surface area (Å²) in [5.74, 6) is 0.198. The van der Waals surface area contributed by atoms with E-state index in [9.17, 15) is 4.79 Å². The lowest BCUT2D eigenvalue weighted by atomic mass is 10.1. The van der Waals surface area contributed by atoms with E-state index in [4.69, 9.17) is 9.78 Å². The van der Waals surface area contributed by atoms with Gasteiger partial charge in [-0.2, -0.15) is 10.4 Å². The molecule has 0 radical (unpaired) electrons. The van der Waals surface area contributed by atoms with Gasteiger partial charge in [0.2, 0.25) is 0 Å². The van der Waals surface area contributed by atoms with Crippen LogP contribution in [0, 0.1) is 25.2 Å². The number of nitrogens with zero attached hydrogens (tertiary/aromatic N) is 4. The summed E-state index contributed by atoms with van der Waals surface area (Å²) in [6, 6.07) is 10.8. The normalized spacial score (nSPS) is 10.7. The largest absolute Gasteiger partial charge is 0.354 e. The zero-order valence-corrected chi connectivity index (χ0v) is 14.6. The van der Waals surface area contributed by atoms with Crippen LogP contribution in [0.1, 0.15) is 27.3 Å². The average molecular weight is 358 g/mol. The summed E-state index contributed by atoms with van der Waals surface area (Å²) in [5, 5.41) is 23.6. The number of pyridine rings is 1. The number of nitriles is 1. The van der Waals surface area contributed by atoms with Crippen LogP contribution >= 0.6 is 0 Å². The van der Waals surface area contributed by atoms with Gasteiger partial charge in [0.05, 0.1) is 16.8 Å². The van der Waals surface area contributed by atoms with Crippen molar-refractivity contribution < 1.29 is 9.32 Å². The molecule has 0 bridgehead atoms. The summed E-state index contributed by atoms with van der Waals surface area (Å²) in [6.45, 7) is 3.58. The first-order valence-electron chi connectivity index (χ1n) is 8.15. The van der Waals surface area contributed by atoms with E-state index in [-0.39, 0.29) is 11.6 Å². The van der Waals surface area contributed by atoms with Crippen LogP contribution in [0.15, 0.2) is 41.1 Å². The van der Waals surface area contributed by atoms with Crippen LogP contribution in [0.2, 0.25) is 0 Å². The van der Waals surface area contributed by atoms with Crippen molar-refractivity contribution in [2.24, 2.45) is 0 Å². The molecule has 8 heteroatoms. The summed E-state index contributed by atoms with van der Waals surface area (Å²) in [6.07, 6.45) is 1.38. The predicted octanol–water partition coefficient (Wildman–Crippen LogP) is 3.35. The maximum absolute atomic E-state index is 12.6. The molecule has 8 nitrogen and oxygen atoms in total. The molecule has 132 valence electrons. The van der Waals surface area contributed by atoms with E-state index in [1.807, 2.05) is 25.1 Å². The second kappa shape index (κ2) is 6.38. The third-order valence-electron chi connectivity index (χ3n) is 4.10. The Kier molecular flexibility index (Phi) is 3.90. The van der Waals surface area contributed by atoms with Crippen LogP contribution in [-0.4, -0.2) is 26.2 Å². The van der Waals surface area contributed by atoms with Crippen molar-refractivity contribution in [3.63, 3.8) is 0 Å². The van der Waals surface area contributed by atoms with Gasteiger partial charge in [-0.15, -0.1) is 0 Å². The van der Waals surface area contributed by atoms with Gasteiger partial charge in [-0.1, -0.05) is 5.16 Å². The van der Waals surface area contributed by atoms with Crippen molar-refractivity contribution in [1.82, 2.24) is 20.3 Å². The molecule has 0 unspecified atom stereocenters. The number of H-pyrrole nitrogens is 1. The molecule has 0 fully saturated rings.